The molecule has 1 aromatic rings. The Bertz CT molecular complexity index is 502. The van der Waals surface area contributed by atoms with Gasteiger partial charge < -0.3 is 4.90 Å². The van der Waals surface area contributed by atoms with Gasteiger partial charge in [0.25, 0.3) is 0 Å². The number of nitrogens with one attached hydrogen (secondary N) is 2. The lowest BCUT2D eigenvalue weighted by molar-refractivity contribution is 0.271. The molecular formula is C11H22N6O2S. The molecule has 114 valence electrons. The molecule has 0 atom stereocenters. The highest BCUT2D eigenvalue weighted by molar-refractivity contribution is 7.89. The fourth-order valence-electron chi connectivity index (χ4n) is 1.41. The Balaban J connectivity index is 2.49. The van der Waals surface area contributed by atoms with Gasteiger partial charge in [-0.25, -0.2) is 29.0 Å². The van der Waals surface area contributed by atoms with Crippen LogP contribution in [0.4, 0.5) is 5.95 Å². The number of anilines is 1. The van der Waals surface area contributed by atoms with Crippen molar-refractivity contribution in [2.45, 2.75) is 31.2 Å². The van der Waals surface area contributed by atoms with Crippen LogP contribution in [0.15, 0.2) is 17.3 Å². The molecule has 0 saturated carbocycles. The lowest BCUT2D eigenvalue weighted by atomic mass is 10.3. The van der Waals surface area contributed by atoms with Crippen molar-refractivity contribution in [1.29, 1.82) is 0 Å². The molecule has 0 radical (unpaired) electrons. The number of hydrogen-bond donors (Lipinski definition) is 3. The van der Waals surface area contributed by atoms with Crippen LogP contribution >= 0.6 is 0 Å². The first kappa shape index (κ1) is 16.8. The van der Waals surface area contributed by atoms with Crippen molar-refractivity contribution in [3.8, 4) is 0 Å². The van der Waals surface area contributed by atoms with E-state index in [1.807, 2.05) is 7.05 Å². The summed E-state index contributed by atoms with van der Waals surface area (Å²) in [5, 5.41) is 0. The third-order valence-electron chi connectivity index (χ3n) is 2.93. The monoisotopic (exact) mass is 302 g/mol. The van der Waals surface area contributed by atoms with Crippen LogP contribution in [-0.4, -0.2) is 49.5 Å². The number of nitrogens with zero attached hydrogens (tertiary/aromatic N) is 3. The predicted octanol–water partition coefficient (Wildman–Crippen LogP) is -0.229. The van der Waals surface area contributed by atoms with Crippen molar-refractivity contribution in [1.82, 2.24) is 19.6 Å². The molecule has 0 aliphatic rings. The predicted molar refractivity (Wildman–Crippen MR) is 77.4 cm³/mol. The Morgan fingerprint density at radius 1 is 1.35 bits per heavy atom. The van der Waals surface area contributed by atoms with Crippen molar-refractivity contribution < 1.29 is 8.42 Å². The molecule has 20 heavy (non-hydrogen) atoms. The highest BCUT2D eigenvalue weighted by Crippen LogP contribution is 2.06. The Hall–Kier alpha value is -1.29. The number of rotatable bonds is 8. The van der Waals surface area contributed by atoms with Crippen molar-refractivity contribution >= 4 is 16.0 Å². The normalized spacial score (nSPS) is 12.1. The Kier molecular flexibility index (Phi) is 6.27. The number of nitrogen functional groups attached to an aromatic ring is 1. The molecule has 0 aliphatic heterocycles. The minimum Gasteiger partial charge on any atom is -0.304 e. The quantitative estimate of drug-likeness (QED) is 0.345. The van der Waals surface area contributed by atoms with Crippen molar-refractivity contribution in [2.24, 2.45) is 5.84 Å². The number of nitrogens with two attached hydrogens (primary N) is 1. The van der Waals surface area contributed by atoms with Crippen LogP contribution in [0.1, 0.15) is 20.3 Å². The van der Waals surface area contributed by atoms with E-state index in [9.17, 15) is 8.42 Å². The molecule has 0 bridgehead atoms. The molecule has 0 aliphatic carbocycles. The minimum atomic E-state index is -3.57. The Morgan fingerprint density at radius 2 is 1.95 bits per heavy atom. The molecule has 0 fully saturated rings. The molecule has 1 heterocycles. The third kappa shape index (κ3) is 5.00. The van der Waals surface area contributed by atoms with Crippen molar-refractivity contribution in [2.75, 3.05) is 25.6 Å². The molecule has 0 unspecified atom stereocenters. The van der Waals surface area contributed by atoms with E-state index < -0.39 is 10.0 Å². The van der Waals surface area contributed by atoms with Gasteiger partial charge in [0.2, 0.25) is 16.0 Å². The summed E-state index contributed by atoms with van der Waals surface area (Å²) in [4.78, 5) is 9.71. The average Bonchev–Trinajstić information content (AvgIpc) is 2.43. The molecule has 0 aromatic carbocycles. The van der Waals surface area contributed by atoms with Gasteiger partial charge in [0, 0.05) is 12.6 Å². The van der Waals surface area contributed by atoms with E-state index in [2.05, 4.69) is 38.9 Å². The average molecular weight is 302 g/mol. The fourth-order valence-corrected chi connectivity index (χ4v) is 2.37. The Morgan fingerprint density at radius 3 is 2.45 bits per heavy atom. The molecule has 0 spiro atoms. The summed E-state index contributed by atoms with van der Waals surface area (Å²) in [5.74, 6) is 5.28. The lowest BCUT2D eigenvalue weighted by Gasteiger charge is -2.20. The minimum absolute atomic E-state index is 0.0220. The first-order valence-electron chi connectivity index (χ1n) is 6.35. The molecule has 4 N–H and O–H groups in total. The zero-order valence-corrected chi connectivity index (χ0v) is 12.8. The van der Waals surface area contributed by atoms with E-state index >= 15 is 0 Å². The van der Waals surface area contributed by atoms with Crippen LogP contribution in [0.2, 0.25) is 0 Å². The van der Waals surface area contributed by atoms with E-state index in [0.29, 0.717) is 12.6 Å². The van der Waals surface area contributed by atoms with Crippen molar-refractivity contribution in [3.63, 3.8) is 0 Å². The van der Waals surface area contributed by atoms with E-state index in [4.69, 9.17) is 5.84 Å². The molecule has 0 amide bonds. The maximum Gasteiger partial charge on any atom is 0.243 e. The van der Waals surface area contributed by atoms with E-state index in [-0.39, 0.29) is 10.8 Å². The standard InChI is InChI=1S/C11H22N6O2S/c1-9(2)17(3)6-4-5-15-20(18,19)10-7-13-11(16-12)14-8-10/h7-9,15H,4-6,12H2,1-3H3,(H,13,14,16). The highest BCUT2D eigenvalue weighted by Gasteiger charge is 2.14. The maximum absolute atomic E-state index is 12.0. The number of aromatic nitrogens is 2. The summed E-state index contributed by atoms with van der Waals surface area (Å²) in [6.45, 7) is 5.38. The highest BCUT2D eigenvalue weighted by atomic mass is 32.2. The van der Waals surface area contributed by atoms with Crippen LogP contribution in [0.25, 0.3) is 0 Å². The van der Waals surface area contributed by atoms with Crippen LogP contribution in [-0.2, 0) is 10.0 Å². The second-order valence-corrected chi connectivity index (χ2v) is 6.48. The zero-order chi connectivity index (χ0) is 15.2. The van der Waals surface area contributed by atoms with E-state index in [1.54, 1.807) is 0 Å². The molecule has 1 rings (SSSR count). The van der Waals surface area contributed by atoms with Gasteiger partial charge >= 0.3 is 0 Å². The zero-order valence-electron chi connectivity index (χ0n) is 12.0. The third-order valence-corrected chi connectivity index (χ3v) is 4.34. The lowest BCUT2D eigenvalue weighted by Crippen LogP contribution is -2.31. The van der Waals surface area contributed by atoms with Gasteiger partial charge in [0.05, 0.1) is 12.4 Å². The first-order chi connectivity index (χ1) is 9.36. The molecule has 9 heteroatoms. The SMILES string of the molecule is CC(C)N(C)CCCNS(=O)(=O)c1cnc(NN)nc1. The van der Waals surface area contributed by atoms with Crippen molar-refractivity contribution in [3.05, 3.63) is 12.4 Å². The second kappa shape index (κ2) is 7.48. The largest absolute Gasteiger partial charge is 0.304 e. The summed E-state index contributed by atoms with van der Waals surface area (Å²) in [6.07, 6.45) is 3.16. The molecule has 8 nitrogen and oxygen atoms in total. The summed E-state index contributed by atoms with van der Waals surface area (Å²) in [6, 6.07) is 0.441. The van der Waals surface area contributed by atoms with Gasteiger partial charge in [0.15, 0.2) is 0 Å². The van der Waals surface area contributed by atoms with Gasteiger partial charge in [-0.15, -0.1) is 0 Å². The van der Waals surface area contributed by atoms with E-state index in [1.165, 1.54) is 12.4 Å². The van der Waals surface area contributed by atoms with Crippen LogP contribution < -0.4 is 16.0 Å². The smallest absolute Gasteiger partial charge is 0.243 e. The fraction of sp³-hybridized carbons (Fsp3) is 0.636. The van der Waals surface area contributed by atoms with E-state index in [0.717, 1.165) is 13.0 Å². The van der Waals surface area contributed by atoms with Crippen LogP contribution in [0, 0.1) is 0 Å². The summed E-state index contributed by atoms with van der Waals surface area (Å²) >= 11 is 0. The summed E-state index contributed by atoms with van der Waals surface area (Å²) in [5.41, 5.74) is 2.24. The number of sulfonamides is 1. The second-order valence-electron chi connectivity index (χ2n) is 4.71. The van der Waals surface area contributed by atoms with Gasteiger partial charge in [-0.05, 0) is 33.9 Å². The number of hydrazine groups is 1. The van der Waals surface area contributed by atoms with Crippen LogP contribution in [0.5, 0.6) is 0 Å². The topological polar surface area (TPSA) is 113 Å². The van der Waals surface area contributed by atoms with Gasteiger partial charge in [-0.3, -0.25) is 5.43 Å². The molecular weight excluding hydrogens is 280 g/mol. The summed E-state index contributed by atoms with van der Waals surface area (Å²) in [7, 11) is -1.56. The Labute approximate surface area is 119 Å². The maximum atomic E-state index is 12.0. The van der Waals surface area contributed by atoms with Gasteiger partial charge in [-0.1, -0.05) is 0 Å². The van der Waals surface area contributed by atoms with Crippen LogP contribution in [0.3, 0.4) is 0 Å². The van der Waals surface area contributed by atoms with Gasteiger partial charge in [0.1, 0.15) is 4.90 Å². The summed E-state index contributed by atoms with van der Waals surface area (Å²) < 4.78 is 26.4. The van der Waals surface area contributed by atoms with Gasteiger partial charge in [-0.2, -0.15) is 0 Å². The number of hydrogen-bond acceptors (Lipinski definition) is 7. The first-order valence-corrected chi connectivity index (χ1v) is 7.83. The molecule has 1 aromatic heterocycles. The molecule has 0 saturated heterocycles.